The van der Waals surface area contributed by atoms with Gasteiger partial charge in [-0.05, 0) is 55.3 Å². The Hall–Kier alpha value is -3.19. The second kappa shape index (κ2) is 8.06. The SMILES string of the molecule is CC(C)Oc1ccc2c(c1)C(c1ccnc(N3CCS(=O)(=O)c4ccccc4C3)c1)=NC2. The van der Waals surface area contributed by atoms with Crippen molar-refractivity contribution in [3.63, 3.8) is 0 Å². The molecule has 32 heavy (non-hydrogen) atoms. The van der Waals surface area contributed by atoms with Crippen LogP contribution >= 0.6 is 0 Å². The predicted octanol–water partition coefficient (Wildman–Crippen LogP) is 4.01. The van der Waals surface area contributed by atoms with Crippen molar-refractivity contribution >= 4 is 21.4 Å². The van der Waals surface area contributed by atoms with E-state index in [1.165, 1.54) is 5.56 Å². The lowest BCUT2D eigenvalue weighted by atomic mass is 10.0. The smallest absolute Gasteiger partial charge is 0.180 e. The van der Waals surface area contributed by atoms with E-state index in [0.717, 1.165) is 34.0 Å². The van der Waals surface area contributed by atoms with Crippen LogP contribution in [0.5, 0.6) is 5.75 Å². The van der Waals surface area contributed by atoms with Crippen molar-refractivity contribution in [1.29, 1.82) is 0 Å². The van der Waals surface area contributed by atoms with Crippen molar-refractivity contribution in [2.75, 3.05) is 17.2 Å². The summed E-state index contributed by atoms with van der Waals surface area (Å²) in [4.78, 5) is 11.8. The average Bonchev–Trinajstić information content (AvgIpc) is 3.14. The molecule has 0 saturated carbocycles. The number of ether oxygens (including phenoxy) is 1. The minimum Gasteiger partial charge on any atom is -0.491 e. The number of nitrogens with zero attached hydrogens (tertiary/aromatic N) is 3. The number of hydrogen-bond donors (Lipinski definition) is 0. The first-order chi connectivity index (χ1) is 15.4. The normalized spacial score (nSPS) is 16.8. The third kappa shape index (κ3) is 3.88. The van der Waals surface area contributed by atoms with Gasteiger partial charge < -0.3 is 9.64 Å². The lowest BCUT2D eigenvalue weighted by Crippen LogP contribution is -2.26. The van der Waals surface area contributed by atoms with E-state index in [9.17, 15) is 8.42 Å². The van der Waals surface area contributed by atoms with Gasteiger partial charge in [0.1, 0.15) is 11.6 Å². The van der Waals surface area contributed by atoms with E-state index in [1.54, 1.807) is 18.3 Å². The van der Waals surface area contributed by atoms with Crippen LogP contribution in [0.2, 0.25) is 0 Å². The van der Waals surface area contributed by atoms with Crippen LogP contribution < -0.4 is 9.64 Å². The summed E-state index contributed by atoms with van der Waals surface area (Å²) in [7, 11) is -3.31. The Bertz CT molecular complexity index is 1320. The topological polar surface area (TPSA) is 71.9 Å². The fraction of sp³-hybridized carbons (Fsp3) is 0.280. The van der Waals surface area contributed by atoms with E-state index < -0.39 is 9.84 Å². The maximum Gasteiger partial charge on any atom is 0.180 e. The largest absolute Gasteiger partial charge is 0.491 e. The van der Waals surface area contributed by atoms with Crippen LogP contribution in [0, 0.1) is 0 Å². The van der Waals surface area contributed by atoms with E-state index in [-0.39, 0.29) is 11.9 Å². The maximum atomic E-state index is 12.7. The first-order valence-corrected chi connectivity index (χ1v) is 12.4. The molecule has 6 nitrogen and oxygen atoms in total. The Morgan fingerprint density at radius 3 is 2.72 bits per heavy atom. The first kappa shape index (κ1) is 20.7. The number of anilines is 1. The molecule has 2 aromatic carbocycles. The number of pyridine rings is 1. The monoisotopic (exact) mass is 447 g/mol. The summed E-state index contributed by atoms with van der Waals surface area (Å²) in [5.74, 6) is 1.65. The van der Waals surface area contributed by atoms with Gasteiger partial charge in [0.05, 0.1) is 29.0 Å². The highest BCUT2D eigenvalue weighted by Crippen LogP contribution is 2.30. The highest BCUT2D eigenvalue weighted by Gasteiger charge is 2.26. The zero-order valence-corrected chi connectivity index (χ0v) is 19.0. The highest BCUT2D eigenvalue weighted by molar-refractivity contribution is 7.91. The molecule has 5 rings (SSSR count). The minimum atomic E-state index is -3.31. The lowest BCUT2D eigenvalue weighted by Gasteiger charge is -2.22. The Morgan fingerprint density at radius 2 is 1.88 bits per heavy atom. The molecular formula is C25H25N3O3S. The zero-order valence-electron chi connectivity index (χ0n) is 18.2. The molecule has 0 radical (unpaired) electrons. The van der Waals surface area contributed by atoms with Crippen molar-refractivity contribution in [3.05, 3.63) is 83.0 Å². The standard InChI is InChI=1S/C25H25N3O3S/c1-17(2)31-21-8-7-19-15-27-25(22(19)14-21)18-9-10-26-24(13-18)28-11-12-32(29,30)23-6-4-3-5-20(23)16-28/h3-10,13-14,17H,11-12,15-16H2,1-2H3. The Kier molecular flexibility index (Phi) is 5.21. The molecule has 0 unspecified atom stereocenters. The molecular weight excluding hydrogens is 422 g/mol. The molecule has 3 heterocycles. The van der Waals surface area contributed by atoms with Gasteiger partial charge >= 0.3 is 0 Å². The molecule has 0 saturated heterocycles. The van der Waals surface area contributed by atoms with Crippen molar-refractivity contribution in [2.45, 2.75) is 37.9 Å². The maximum absolute atomic E-state index is 12.7. The van der Waals surface area contributed by atoms with Crippen molar-refractivity contribution in [2.24, 2.45) is 4.99 Å². The van der Waals surface area contributed by atoms with Gasteiger partial charge in [0, 0.05) is 30.4 Å². The fourth-order valence-corrected chi connectivity index (χ4v) is 5.75. The number of aliphatic imine (C=N–C) groups is 1. The number of aromatic nitrogens is 1. The van der Waals surface area contributed by atoms with Crippen LogP contribution in [0.15, 0.2) is 70.7 Å². The molecule has 2 aliphatic heterocycles. The van der Waals surface area contributed by atoms with Gasteiger partial charge in [0.15, 0.2) is 9.84 Å². The molecule has 164 valence electrons. The molecule has 0 N–H and O–H groups in total. The van der Waals surface area contributed by atoms with Crippen LogP contribution in [-0.4, -0.2) is 37.5 Å². The zero-order chi connectivity index (χ0) is 22.3. The molecule has 0 spiro atoms. The summed E-state index contributed by atoms with van der Waals surface area (Å²) < 4.78 is 31.3. The van der Waals surface area contributed by atoms with E-state index in [0.29, 0.717) is 24.5 Å². The van der Waals surface area contributed by atoms with Gasteiger partial charge in [-0.2, -0.15) is 0 Å². The Balaban J connectivity index is 1.47. The van der Waals surface area contributed by atoms with Gasteiger partial charge in [0.2, 0.25) is 0 Å². The minimum absolute atomic E-state index is 0.0651. The van der Waals surface area contributed by atoms with Gasteiger partial charge in [-0.15, -0.1) is 0 Å². The third-order valence-corrected chi connectivity index (χ3v) is 7.55. The second-order valence-corrected chi connectivity index (χ2v) is 10.5. The summed E-state index contributed by atoms with van der Waals surface area (Å²) in [6.07, 6.45) is 1.87. The number of benzene rings is 2. The van der Waals surface area contributed by atoms with Crippen LogP contribution in [0.1, 0.15) is 36.1 Å². The van der Waals surface area contributed by atoms with Crippen LogP contribution in [0.4, 0.5) is 5.82 Å². The summed E-state index contributed by atoms with van der Waals surface area (Å²) in [6, 6.07) is 17.3. The molecule has 3 aromatic rings. The molecule has 0 aliphatic carbocycles. The summed E-state index contributed by atoms with van der Waals surface area (Å²) >= 11 is 0. The number of hydrogen-bond acceptors (Lipinski definition) is 6. The van der Waals surface area contributed by atoms with Crippen molar-refractivity contribution in [3.8, 4) is 5.75 Å². The van der Waals surface area contributed by atoms with Crippen molar-refractivity contribution in [1.82, 2.24) is 4.98 Å². The van der Waals surface area contributed by atoms with Gasteiger partial charge in [-0.3, -0.25) is 4.99 Å². The molecule has 0 atom stereocenters. The van der Waals surface area contributed by atoms with Gasteiger partial charge in [-0.25, -0.2) is 13.4 Å². The molecule has 7 heteroatoms. The van der Waals surface area contributed by atoms with Crippen LogP contribution in [-0.2, 0) is 22.9 Å². The quantitative estimate of drug-likeness (QED) is 0.604. The summed E-state index contributed by atoms with van der Waals surface area (Å²) in [6.45, 7) is 5.55. The Morgan fingerprint density at radius 1 is 1.03 bits per heavy atom. The van der Waals surface area contributed by atoms with Crippen LogP contribution in [0.3, 0.4) is 0 Å². The highest BCUT2D eigenvalue weighted by atomic mass is 32.2. The number of sulfone groups is 1. The molecule has 0 fully saturated rings. The molecule has 1 aromatic heterocycles. The number of rotatable bonds is 4. The fourth-order valence-electron chi connectivity index (χ4n) is 4.25. The lowest BCUT2D eigenvalue weighted by molar-refractivity contribution is 0.242. The Labute approximate surface area is 188 Å². The average molecular weight is 448 g/mol. The van der Waals surface area contributed by atoms with E-state index in [2.05, 4.69) is 17.1 Å². The van der Waals surface area contributed by atoms with E-state index >= 15 is 0 Å². The van der Waals surface area contributed by atoms with E-state index in [1.807, 2.05) is 49.1 Å². The number of fused-ring (bicyclic) bond motifs is 2. The molecule has 0 bridgehead atoms. The molecule has 2 aliphatic rings. The van der Waals surface area contributed by atoms with Crippen molar-refractivity contribution < 1.29 is 13.2 Å². The second-order valence-electron chi connectivity index (χ2n) is 8.40. The van der Waals surface area contributed by atoms with E-state index in [4.69, 9.17) is 9.73 Å². The summed E-state index contributed by atoms with van der Waals surface area (Å²) in [5, 5.41) is 0. The van der Waals surface area contributed by atoms with Gasteiger partial charge in [0.25, 0.3) is 0 Å². The third-order valence-electron chi connectivity index (χ3n) is 5.76. The first-order valence-electron chi connectivity index (χ1n) is 10.8. The van der Waals surface area contributed by atoms with Gasteiger partial charge in [-0.1, -0.05) is 24.3 Å². The summed E-state index contributed by atoms with van der Waals surface area (Å²) in [5.41, 5.74) is 4.93. The predicted molar refractivity (Wildman–Crippen MR) is 125 cm³/mol. The molecule has 0 amide bonds. The van der Waals surface area contributed by atoms with Crippen LogP contribution in [0.25, 0.3) is 0 Å².